The van der Waals surface area contributed by atoms with Crippen LogP contribution >= 0.6 is 34.7 Å². The molecule has 5 heteroatoms. The number of carbonyl (C=O) groups excluding carboxylic acids is 1. The Bertz CT molecular complexity index is 854. The molecule has 1 atom stereocenters. The Balaban J connectivity index is 1.40. The van der Waals surface area contributed by atoms with E-state index in [1.165, 1.54) is 35.3 Å². The molecule has 136 valence electrons. The van der Waals surface area contributed by atoms with Crippen molar-refractivity contribution in [3.63, 3.8) is 0 Å². The summed E-state index contributed by atoms with van der Waals surface area (Å²) in [6.07, 6.45) is 6.63. The molecule has 1 amide bonds. The van der Waals surface area contributed by atoms with E-state index in [-0.39, 0.29) is 5.91 Å². The van der Waals surface area contributed by atoms with Crippen LogP contribution in [-0.2, 0) is 29.8 Å². The predicted molar refractivity (Wildman–Crippen MR) is 113 cm³/mol. The molecule has 0 unspecified atom stereocenters. The van der Waals surface area contributed by atoms with Gasteiger partial charge in [0.1, 0.15) is 0 Å². The summed E-state index contributed by atoms with van der Waals surface area (Å²) in [6.45, 7) is 2.98. The van der Waals surface area contributed by atoms with Gasteiger partial charge < -0.3 is 5.32 Å². The van der Waals surface area contributed by atoms with Crippen LogP contribution in [0, 0.1) is 5.92 Å². The smallest absolute Gasteiger partial charge is 0.257 e. The third-order valence-electron chi connectivity index (χ3n) is 5.12. The van der Waals surface area contributed by atoms with Crippen LogP contribution in [0.25, 0.3) is 6.08 Å². The van der Waals surface area contributed by atoms with E-state index in [2.05, 4.69) is 18.3 Å². The first-order valence-corrected chi connectivity index (χ1v) is 11.3. The third-order valence-corrected chi connectivity index (χ3v) is 7.67. The number of thioether (sulfide) groups is 1. The Labute approximate surface area is 168 Å². The summed E-state index contributed by atoms with van der Waals surface area (Å²) < 4.78 is 0. The Morgan fingerprint density at radius 1 is 1.27 bits per heavy atom. The monoisotopic (exact) mass is 403 g/mol. The largest absolute Gasteiger partial charge is 0.351 e. The van der Waals surface area contributed by atoms with Gasteiger partial charge in [-0.15, -0.1) is 23.1 Å². The highest BCUT2D eigenvalue weighted by Gasteiger charge is 2.26. The number of rotatable bonds is 4. The maximum absolute atomic E-state index is 12.5. The standard InChI is InChI=1S/C21H22ClNOS2/c1-13-2-7-16-17-12-25-20(11-19(17)26-18(16)10-13)21(24)23-9-8-14-3-5-15(22)6-4-14/h3-6,11,13H,2,7-10,12H2,1H3,(H,23,24)/t13-/m0/s1. The third kappa shape index (κ3) is 3.88. The molecule has 1 aliphatic heterocycles. The molecular formula is C21H22ClNOS2. The van der Waals surface area contributed by atoms with Gasteiger partial charge in [-0.3, -0.25) is 4.79 Å². The van der Waals surface area contributed by atoms with Crippen molar-refractivity contribution in [3.05, 3.63) is 60.6 Å². The molecule has 2 nitrogen and oxygen atoms in total. The van der Waals surface area contributed by atoms with Crippen molar-refractivity contribution >= 4 is 46.7 Å². The van der Waals surface area contributed by atoms with Crippen LogP contribution in [0.5, 0.6) is 0 Å². The summed E-state index contributed by atoms with van der Waals surface area (Å²) in [5, 5.41) is 3.80. The van der Waals surface area contributed by atoms with E-state index in [9.17, 15) is 4.79 Å². The van der Waals surface area contributed by atoms with E-state index in [1.54, 1.807) is 22.2 Å². The van der Waals surface area contributed by atoms with E-state index in [0.717, 1.165) is 28.0 Å². The molecule has 0 saturated carbocycles. The van der Waals surface area contributed by atoms with Crippen molar-refractivity contribution in [2.45, 2.75) is 38.4 Å². The molecule has 2 aliphatic rings. The minimum atomic E-state index is 0.0503. The molecule has 26 heavy (non-hydrogen) atoms. The fraction of sp³-hybridized carbons (Fsp3) is 0.381. The molecular weight excluding hydrogens is 382 g/mol. The second kappa shape index (κ2) is 7.79. The van der Waals surface area contributed by atoms with Crippen molar-refractivity contribution in [1.82, 2.24) is 5.32 Å². The maximum atomic E-state index is 12.5. The van der Waals surface area contributed by atoms with Crippen molar-refractivity contribution < 1.29 is 4.79 Å². The Morgan fingerprint density at radius 3 is 2.88 bits per heavy atom. The fourth-order valence-electron chi connectivity index (χ4n) is 3.61. The zero-order valence-electron chi connectivity index (χ0n) is 14.8. The average Bonchev–Trinajstić information content (AvgIpc) is 2.99. The van der Waals surface area contributed by atoms with E-state index in [4.69, 9.17) is 11.6 Å². The van der Waals surface area contributed by atoms with Gasteiger partial charge in [-0.2, -0.15) is 0 Å². The van der Waals surface area contributed by atoms with Crippen LogP contribution in [0.4, 0.5) is 0 Å². The van der Waals surface area contributed by atoms with Gasteiger partial charge in [0.15, 0.2) is 0 Å². The number of benzene rings is 1. The molecule has 0 radical (unpaired) electrons. The summed E-state index contributed by atoms with van der Waals surface area (Å²) in [6, 6.07) is 7.79. The van der Waals surface area contributed by atoms with E-state index >= 15 is 0 Å². The van der Waals surface area contributed by atoms with E-state index < -0.39 is 0 Å². The Hall–Kier alpha value is -1.23. The van der Waals surface area contributed by atoms with Crippen molar-refractivity contribution in [2.75, 3.05) is 6.54 Å². The number of hydrogen-bond acceptors (Lipinski definition) is 3. The number of carbonyl (C=O) groups is 1. The molecule has 1 aromatic carbocycles. The SMILES string of the molecule is C[C@H]1CCc2c(sc3c2CSC(C(=O)NCCc2ccc(Cl)cc2)=C3)C1. The normalized spacial score (nSPS) is 18.7. The first-order chi connectivity index (χ1) is 12.6. The number of thiophene rings is 1. The average molecular weight is 404 g/mol. The van der Waals surface area contributed by atoms with Crippen LogP contribution in [0.2, 0.25) is 5.02 Å². The first-order valence-electron chi connectivity index (χ1n) is 9.10. The minimum absolute atomic E-state index is 0.0503. The Morgan fingerprint density at radius 2 is 2.08 bits per heavy atom. The zero-order chi connectivity index (χ0) is 18.1. The number of halogens is 1. The summed E-state index contributed by atoms with van der Waals surface area (Å²) in [4.78, 5) is 16.2. The Kier molecular flexibility index (Phi) is 5.44. The van der Waals surface area contributed by atoms with Crippen molar-refractivity contribution in [2.24, 2.45) is 5.92 Å². The zero-order valence-corrected chi connectivity index (χ0v) is 17.2. The van der Waals surface area contributed by atoms with Gasteiger partial charge in [0.2, 0.25) is 0 Å². The fourth-order valence-corrected chi connectivity index (χ4v) is 6.42. The van der Waals surface area contributed by atoms with Crippen LogP contribution in [-0.4, -0.2) is 12.5 Å². The predicted octanol–water partition coefficient (Wildman–Crippen LogP) is 5.47. The van der Waals surface area contributed by atoms with Crippen molar-refractivity contribution in [1.29, 1.82) is 0 Å². The molecule has 1 aliphatic carbocycles. The van der Waals surface area contributed by atoms with Crippen molar-refractivity contribution in [3.8, 4) is 0 Å². The molecule has 0 bridgehead atoms. The first kappa shape index (κ1) is 18.1. The molecule has 2 aromatic rings. The minimum Gasteiger partial charge on any atom is -0.351 e. The van der Waals surface area contributed by atoms with Gasteiger partial charge in [-0.25, -0.2) is 0 Å². The summed E-state index contributed by atoms with van der Waals surface area (Å²) in [7, 11) is 0. The van der Waals surface area contributed by atoms with Gasteiger partial charge >= 0.3 is 0 Å². The number of nitrogens with one attached hydrogen (secondary N) is 1. The molecule has 4 rings (SSSR count). The lowest BCUT2D eigenvalue weighted by atomic mass is 9.88. The maximum Gasteiger partial charge on any atom is 0.257 e. The molecule has 0 saturated heterocycles. The van der Waals surface area contributed by atoms with E-state index in [1.807, 2.05) is 35.6 Å². The topological polar surface area (TPSA) is 29.1 Å². The number of hydrogen-bond donors (Lipinski definition) is 1. The molecule has 1 N–H and O–H groups in total. The summed E-state index contributed by atoms with van der Waals surface area (Å²) in [5.41, 5.74) is 4.25. The quantitative estimate of drug-likeness (QED) is 0.732. The van der Waals surface area contributed by atoms with Gasteiger partial charge in [0.05, 0.1) is 4.91 Å². The molecule has 2 heterocycles. The highest BCUT2D eigenvalue weighted by Crippen LogP contribution is 2.43. The number of fused-ring (bicyclic) bond motifs is 3. The lowest BCUT2D eigenvalue weighted by Crippen LogP contribution is -2.26. The molecule has 0 fully saturated rings. The summed E-state index contributed by atoms with van der Waals surface area (Å²) >= 11 is 9.49. The van der Waals surface area contributed by atoms with Crippen LogP contribution in [0.3, 0.4) is 0 Å². The second-order valence-corrected chi connectivity index (χ2v) is 9.71. The molecule has 0 spiro atoms. The molecule has 1 aromatic heterocycles. The van der Waals surface area contributed by atoms with Gasteiger partial charge in [-0.1, -0.05) is 30.7 Å². The van der Waals surface area contributed by atoms with Crippen LogP contribution in [0.1, 0.15) is 39.8 Å². The second-order valence-electron chi connectivity index (χ2n) is 7.12. The van der Waals surface area contributed by atoms with Gasteiger partial charge in [0.25, 0.3) is 5.91 Å². The summed E-state index contributed by atoms with van der Waals surface area (Å²) in [5.74, 6) is 1.77. The number of amides is 1. The van der Waals surface area contributed by atoms with E-state index in [0.29, 0.717) is 6.54 Å². The van der Waals surface area contributed by atoms with Gasteiger partial charge in [-0.05, 0) is 66.5 Å². The highest BCUT2D eigenvalue weighted by molar-refractivity contribution is 8.03. The lowest BCUT2D eigenvalue weighted by molar-refractivity contribution is -0.116. The van der Waals surface area contributed by atoms with Crippen LogP contribution < -0.4 is 5.32 Å². The lowest BCUT2D eigenvalue weighted by Gasteiger charge is -2.19. The highest BCUT2D eigenvalue weighted by atomic mass is 35.5. The van der Waals surface area contributed by atoms with Crippen LogP contribution in [0.15, 0.2) is 29.2 Å². The van der Waals surface area contributed by atoms with Gasteiger partial charge in [0, 0.05) is 27.1 Å².